The predicted molar refractivity (Wildman–Crippen MR) is 136 cm³/mol. The van der Waals surface area contributed by atoms with Gasteiger partial charge in [-0.1, -0.05) is 6.92 Å². The summed E-state index contributed by atoms with van der Waals surface area (Å²) in [6, 6.07) is 2.06. The molecule has 39 heavy (non-hydrogen) atoms. The van der Waals surface area contributed by atoms with Crippen LogP contribution in [0, 0.1) is 12.8 Å². The first-order valence-corrected chi connectivity index (χ1v) is 12.5. The van der Waals surface area contributed by atoms with Gasteiger partial charge in [-0.05, 0) is 51.2 Å². The molecule has 0 aliphatic carbocycles. The lowest BCUT2D eigenvalue weighted by Gasteiger charge is -2.48. The number of hydrogen-bond acceptors (Lipinski definition) is 11. The maximum atomic E-state index is 12.2. The molecule has 1 aliphatic rings. The minimum atomic E-state index is -2.09. The van der Waals surface area contributed by atoms with Gasteiger partial charge in [0.1, 0.15) is 47.4 Å². The Morgan fingerprint density at radius 2 is 1.85 bits per heavy atom. The molecule has 0 saturated carbocycles. The summed E-state index contributed by atoms with van der Waals surface area (Å²) in [6.07, 6.45) is -5.10. The summed E-state index contributed by atoms with van der Waals surface area (Å²) >= 11 is 0. The van der Waals surface area contributed by atoms with Crippen molar-refractivity contribution >= 4 is 28.8 Å². The molecule has 1 heterocycles. The number of rotatable bonds is 11. The molecular formula is C27H34O12. The molecular weight excluding hydrogens is 516 g/mol. The highest BCUT2D eigenvalue weighted by atomic mass is 16.7. The lowest BCUT2D eigenvalue weighted by atomic mass is 9.79. The molecule has 0 bridgehead atoms. The fraction of sp³-hybridized carbons (Fsp3) is 0.519. The van der Waals surface area contributed by atoms with E-state index in [-0.39, 0.29) is 39.8 Å². The number of benzene rings is 2. The number of aliphatic hydroxyl groups is 4. The molecule has 214 valence electrons. The van der Waals surface area contributed by atoms with Gasteiger partial charge in [-0.25, -0.2) is 4.79 Å². The molecule has 1 saturated heterocycles. The second-order valence-electron chi connectivity index (χ2n) is 10.1. The Morgan fingerprint density at radius 1 is 1.18 bits per heavy atom. The van der Waals surface area contributed by atoms with Crippen LogP contribution in [0.15, 0.2) is 12.1 Å². The van der Waals surface area contributed by atoms with Crippen LogP contribution in [0.4, 0.5) is 0 Å². The SMILES string of the molecule is CC(=O)c1c(C)c(O)c2cc(C(=O)O)cc(O[C@@H]3O[C@H](CO)[C@](O)(CC[C@H](C)CCC=O)[C@H](O)[C@H]3O)c2c1O. The second-order valence-corrected chi connectivity index (χ2v) is 10.1. The lowest BCUT2D eigenvalue weighted by molar-refractivity contribution is -0.315. The number of carboxylic acids is 1. The number of aliphatic hydroxyl groups excluding tert-OH is 3. The van der Waals surface area contributed by atoms with Gasteiger partial charge in [-0.15, -0.1) is 0 Å². The van der Waals surface area contributed by atoms with E-state index in [9.17, 15) is 50.1 Å². The number of ketones is 1. The van der Waals surface area contributed by atoms with Crippen molar-refractivity contribution in [3.8, 4) is 17.2 Å². The van der Waals surface area contributed by atoms with Crippen LogP contribution in [0.1, 0.15) is 65.8 Å². The van der Waals surface area contributed by atoms with Crippen molar-refractivity contribution in [2.75, 3.05) is 6.61 Å². The highest BCUT2D eigenvalue weighted by Crippen LogP contribution is 2.46. The zero-order chi connectivity index (χ0) is 29.2. The van der Waals surface area contributed by atoms with E-state index in [4.69, 9.17) is 9.47 Å². The number of carbonyl (C=O) groups is 3. The van der Waals surface area contributed by atoms with Gasteiger partial charge in [-0.3, -0.25) is 4.79 Å². The van der Waals surface area contributed by atoms with E-state index in [1.165, 1.54) is 6.92 Å². The molecule has 2 aromatic rings. The van der Waals surface area contributed by atoms with Gasteiger partial charge in [-0.2, -0.15) is 0 Å². The first-order chi connectivity index (χ1) is 18.3. The number of aldehydes is 1. The van der Waals surface area contributed by atoms with Crippen LogP contribution in [0.25, 0.3) is 10.8 Å². The predicted octanol–water partition coefficient (Wildman–Crippen LogP) is 1.40. The van der Waals surface area contributed by atoms with Crippen LogP contribution < -0.4 is 4.74 Å². The largest absolute Gasteiger partial charge is 0.507 e. The summed E-state index contributed by atoms with van der Waals surface area (Å²) in [5.74, 6) is -3.50. The van der Waals surface area contributed by atoms with Crippen molar-refractivity contribution in [2.45, 2.75) is 76.7 Å². The molecule has 6 atom stereocenters. The molecule has 0 radical (unpaired) electrons. The Labute approximate surface area is 224 Å². The summed E-state index contributed by atoms with van der Waals surface area (Å²) in [5.41, 5.74) is -2.68. The van der Waals surface area contributed by atoms with Crippen molar-refractivity contribution < 1.29 is 59.6 Å². The first-order valence-electron chi connectivity index (χ1n) is 12.5. The van der Waals surface area contributed by atoms with Crippen molar-refractivity contribution in [3.63, 3.8) is 0 Å². The fourth-order valence-electron chi connectivity index (χ4n) is 5.02. The monoisotopic (exact) mass is 550 g/mol. The number of Topliss-reactive ketones (excluding diaryl/α,β-unsaturated/α-hetero) is 1. The molecule has 0 aromatic heterocycles. The second kappa shape index (κ2) is 11.8. The van der Waals surface area contributed by atoms with Crippen molar-refractivity contribution in [1.82, 2.24) is 0 Å². The molecule has 0 spiro atoms. The number of ether oxygens (including phenoxy) is 2. The maximum Gasteiger partial charge on any atom is 0.335 e. The average Bonchev–Trinajstić information content (AvgIpc) is 2.89. The van der Waals surface area contributed by atoms with Crippen LogP contribution >= 0.6 is 0 Å². The molecule has 1 fully saturated rings. The normalized spacial score (nSPS) is 25.8. The Morgan fingerprint density at radius 3 is 2.41 bits per heavy atom. The fourth-order valence-corrected chi connectivity index (χ4v) is 5.02. The summed E-state index contributed by atoms with van der Waals surface area (Å²) < 4.78 is 11.3. The van der Waals surface area contributed by atoms with E-state index in [2.05, 4.69) is 0 Å². The average molecular weight is 551 g/mol. The molecule has 12 heteroatoms. The van der Waals surface area contributed by atoms with Gasteiger partial charge in [0.25, 0.3) is 0 Å². The number of phenols is 2. The van der Waals surface area contributed by atoms with Gasteiger partial charge < -0.3 is 50.0 Å². The number of phenolic OH excluding ortho intramolecular Hbond substituents is 2. The van der Waals surface area contributed by atoms with Crippen molar-refractivity contribution in [2.24, 2.45) is 5.92 Å². The number of fused-ring (bicyclic) bond motifs is 1. The van der Waals surface area contributed by atoms with E-state index < -0.39 is 65.8 Å². The van der Waals surface area contributed by atoms with Gasteiger partial charge >= 0.3 is 5.97 Å². The maximum absolute atomic E-state index is 12.2. The minimum absolute atomic E-state index is 0.0122. The van der Waals surface area contributed by atoms with Crippen LogP contribution in [-0.2, 0) is 9.53 Å². The molecule has 12 nitrogen and oxygen atoms in total. The van der Waals surface area contributed by atoms with Crippen LogP contribution in [0.5, 0.6) is 17.2 Å². The Hall–Kier alpha value is -3.29. The van der Waals surface area contributed by atoms with Gasteiger partial charge in [0, 0.05) is 17.4 Å². The first kappa shape index (κ1) is 30.3. The Bertz CT molecular complexity index is 1250. The summed E-state index contributed by atoms with van der Waals surface area (Å²) in [6.45, 7) is 3.60. The third kappa shape index (κ3) is 5.70. The zero-order valence-corrected chi connectivity index (χ0v) is 21.8. The van der Waals surface area contributed by atoms with E-state index in [1.807, 2.05) is 6.92 Å². The van der Waals surface area contributed by atoms with Gasteiger partial charge in [0.05, 0.1) is 23.1 Å². The van der Waals surface area contributed by atoms with E-state index in [1.54, 1.807) is 0 Å². The summed E-state index contributed by atoms with van der Waals surface area (Å²) in [4.78, 5) is 34.6. The molecule has 3 rings (SSSR count). The smallest absolute Gasteiger partial charge is 0.335 e. The van der Waals surface area contributed by atoms with Crippen molar-refractivity contribution in [3.05, 3.63) is 28.8 Å². The Balaban J connectivity index is 2.04. The van der Waals surface area contributed by atoms with Gasteiger partial charge in [0.2, 0.25) is 6.29 Å². The van der Waals surface area contributed by atoms with Crippen molar-refractivity contribution in [1.29, 1.82) is 0 Å². The zero-order valence-electron chi connectivity index (χ0n) is 21.8. The molecule has 0 amide bonds. The number of carbonyl (C=O) groups excluding carboxylic acids is 2. The summed E-state index contributed by atoms with van der Waals surface area (Å²) in [7, 11) is 0. The molecule has 7 N–H and O–H groups in total. The topological polar surface area (TPSA) is 211 Å². The molecule has 0 unspecified atom stereocenters. The third-order valence-corrected chi connectivity index (χ3v) is 7.35. The van der Waals surface area contributed by atoms with E-state index in [0.29, 0.717) is 19.3 Å². The third-order valence-electron chi connectivity index (χ3n) is 7.35. The number of aromatic hydroxyl groups is 2. The molecule has 2 aromatic carbocycles. The Kier molecular flexibility index (Phi) is 9.19. The highest BCUT2D eigenvalue weighted by molar-refractivity contribution is 6.11. The number of carboxylic acid groups (broad SMARTS) is 1. The van der Waals surface area contributed by atoms with Crippen LogP contribution in [-0.4, -0.2) is 90.6 Å². The quantitative estimate of drug-likeness (QED) is 0.120. The number of hydrogen-bond donors (Lipinski definition) is 7. The van der Waals surface area contributed by atoms with Gasteiger partial charge in [0.15, 0.2) is 5.78 Å². The van der Waals surface area contributed by atoms with Crippen LogP contribution in [0.3, 0.4) is 0 Å². The lowest BCUT2D eigenvalue weighted by Crippen LogP contribution is -2.67. The van der Waals surface area contributed by atoms with E-state index >= 15 is 0 Å². The minimum Gasteiger partial charge on any atom is -0.507 e. The molecule has 1 aliphatic heterocycles. The van der Waals surface area contributed by atoms with E-state index in [0.717, 1.165) is 25.3 Å². The summed E-state index contributed by atoms with van der Waals surface area (Å²) in [5, 5.41) is 73.8. The standard InChI is InChI=1S/C27H34O12/c1-12(5-4-8-28)6-7-27(37)18(11-29)39-26(23(33)24(27)34)38-17-10-15(25(35)36)9-16-20(17)22(32)19(14(3)30)13(2)21(16)31/h8-10,12,18,23-24,26,29,31-34,37H,4-7,11H2,1-3H3,(H,35,36)/t12-,18-,23-,24-,26-,27-/m1/s1. The highest BCUT2D eigenvalue weighted by Gasteiger charge is 2.55. The van der Waals surface area contributed by atoms with Crippen LogP contribution in [0.2, 0.25) is 0 Å². The number of aromatic carboxylic acids is 1.